The number of thioether (sulfide) groups is 1. The molecule has 2 amide bonds. The van der Waals surface area contributed by atoms with E-state index in [0.29, 0.717) is 31.5 Å². The second kappa shape index (κ2) is 7.45. The molecule has 2 N–H and O–H groups in total. The molecule has 1 fully saturated rings. The fraction of sp³-hybridized carbons (Fsp3) is 0.316. The van der Waals surface area contributed by atoms with E-state index in [1.54, 1.807) is 28.8 Å². The maximum Gasteiger partial charge on any atom is 0.321 e. The van der Waals surface area contributed by atoms with Crippen molar-refractivity contribution in [3.05, 3.63) is 59.9 Å². The number of halogens is 1. The molecule has 1 aliphatic heterocycles. The number of hydrogen-bond acceptors (Lipinski definition) is 3. The Morgan fingerprint density at radius 3 is 2.28 bits per heavy atom. The number of nitrogens with zero attached hydrogens (tertiary/aromatic N) is 1. The molecule has 2 aromatic carbocycles. The number of amides is 2. The molecule has 0 bridgehead atoms. The van der Waals surface area contributed by atoms with E-state index >= 15 is 0 Å². The van der Waals surface area contributed by atoms with Crippen LogP contribution in [0.4, 0.5) is 14.9 Å². The highest BCUT2D eigenvalue weighted by Gasteiger charge is 2.35. The van der Waals surface area contributed by atoms with Crippen molar-refractivity contribution in [1.29, 1.82) is 0 Å². The Bertz CT molecular complexity index is 726. The predicted molar refractivity (Wildman–Crippen MR) is 98.3 cm³/mol. The Balaban J connectivity index is 1.59. The van der Waals surface area contributed by atoms with Crippen LogP contribution in [0.3, 0.4) is 0 Å². The van der Waals surface area contributed by atoms with E-state index < -0.39 is 5.60 Å². The summed E-state index contributed by atoms with van der Waals surface area (Å²) in [5.74, 6) is -0.323. The second-order valence-electron chi connectivity index (χ2n) is 6.18. The van der Waals surface area contributed by atoms with Gasteiger partial charge in [0, 0.05) is 23.7 Å². The van der Waals surface area contributed by atoms with Crippen molar-refractivity contribution >= 4 is 23.5 Å². The van der Waals surface area contributed by atoms with E-state index in [1.165, 1.54) is 12.1 Å². The van der Waals surface area contributed by atoms with Crippen LogP contribution in [0, 0.1) is 5.82 Å². The number of aliphatic hydroxyl groups is 1. The van der Waals surface area contributed by atoms with E-state index in [-0.39, 0.29) is 11.8 Å². The van der Waals surface area contributed by atoms with Gasteiger partial charge in [0.15, 0.2) is 0 Å². The summed E-state index contributed by atoms with van der Waals surface area (Å²) >= 11 is 1.65. The molecule has 6 heteroatoms. The maximum atomic E-state index is 13.1. The minimum atomic E-state index is -1.01. The molecule has 0 aromatic heterocycles. The molecule has 1 saturated heterocycles. The lowest BCUT2D eigenvalue weighted by Crippen LogP contribution is -2.46. The molecule has 25 heavy (non-hydrogen) atoms. The summed E-state index contributed by atoms with van der Waals surface area (Å²) < 4.78 is 13.1. The van der Waals surface area contributed by atoms with Gasteiger partial charge in [-0.25, -0.2) is 9.18 Å². The lowest BCUT2D eigenvalue weighted by atomic mass is 9.84. The van der Waals surface area contributed by atoms with E-state index in [9.17, 15) is 14.3 Å². The number of benzene rings is 2. The third-order valence-corrected chi connectivity index (χ3v) is 5.34. The molecule has 1 aliphatic rings. The molecule has 0 saturated carbocycles. The quantitative estimate of drug-likeness (QED) is 0.812. The molecule has 3 rings (SSSR count). The highest BCUT2D eigenvalue weighted by molar-refractivity contribution is 7.98. The van der Waals surface area contributed by atoms with Crippen LogP contribution in [0.25, 0.3) is 0 Å². The minimum Gasteiger partial charge on any atom is -0.385 e. The molecule has 0 spiro atoms. The van der Waals surface area contributed by atoms with Gasteiger partial charge in [-0.1, -0.05) is 12.1 Å². The first-order valence-corrected chi connectivity index (χ1v) is 9.41. The lowest BCUT2D eigenvalue weighted by molar-refractivity contribution is -0.0157. The molecule has 0 unspecified atom stereocenters. The largest absolute Gasteiger partial charge is 0.385 e. The first-order valence-electron chi connectivity index (χ1n) is 8.18. The van der Waals surface area contributed by atoms with Gasteiger partial charge < -0.3 is 15.3 Å². The summed E-state index contributed by atoms with van der Waals surface area (Å²) in [7, 11) is 0. The Hall–Kier alpha value is -2.05. The van der Waals surface area contributed by atoms with Crippen LogP contribution >= 0.6 is 11.8 Å². The van der Waals surface area contributed by atoms with Crippen LogP contribution in [0.2, 0.25) is 0 Å². The van der Waals surface area contributed by atoms with Gasteiger partial charge in [-0.3, -0.25) is 0 Å². The van der Waals surface area contributed by atoms with Crippen molar-refractivity contribution < 1.29 is 14.3 Å². The van der Waals surface area contributed by atoms with Crippen molar-refractivity contribution in [2.45, 2.75) is 23.3 Å². The predicted octanol–water partition coefficient (Wildman–Crippen LogP) is 4.06. The normalized spacial score (nSPS) is 16.5. The van der Waals surface area contributed by atoms with Gasteiger partial charge in [-0.2, -0.15) is 0 Å². The van der Waals surface area contributed by atoms with Crippen LogP contribution in [0.5, 0.6) is 0 Å². The van der Waals surface area contributed by atoms with Crippen LogP contribution in [0.15, 0.2) is 53.4 Å². The van der Waals surface area contributed by atoms with Crippen LogP contribution < -0.4 is 5.32 Å². The first kappa shape index (κ1) is 17.8. The van der Waals surface area contributed by atoms with Gasteiger partial charge in [0.05, 0.1) is 5.60 Å². The third kappa shape index (κ3) is 4.14. The maximum absolute atomic E-state index is 13.1. The van der Waals surface area contributed by atoms with Gasteiger partial charge in [0.25, 0.3) is 0 Å². The van der Waals surface area contributed by atoms with Gasteiger partial charge in [-0.05, 0) is 61.1 Å². The molecule has 0 atom stereocenters. The zero-order valence-electron chi connectivity index (χ0n) is 14.0. The number of anilines is 1. The summed E-state index contributed by atoms with van der Waals surface area (Å²) in [6, 6.07) is 13.4. The van der Waals surface area contributed by atoms with Crippen molar-refractivity contribution in [3.63, 3.8) is 0 Å². The van der Waals surface area contributed by atoms with Crippen LogP contribution in [-0.4, -0.2) is 35.4 Å². The van der Waals surface area contributed by atoms with Crippen LogP contribution in [0.1, 0.15) is 18.4 Å². The Kier molecular flexibility index (Phi) is 5.30. The number of hydrogen-bond donors (Lipinski definition) is 2. The summed E-state index contributed by atoms with van der Waals surface area (Å²) in [6.45, 7) is 0.894. The number of likely N-dealkylation sites (tertiary alicyclic amines) is 1. The zero-order chi connectivity index (χ0) is 17.9. The summed E-state index contributed by atoms with van der Waals surface area (Å²) in [5, 5.41) is 13.7. The van der Waals surface area contributed by atoms with Gasteiger partial charge >= 0.3 is 6.03 Å². The molecule has 1 heterocycles. The number of piperidine rings is 1. The van der Waals surface area contributed by atoms with Gasteiger partial charge in [0.2, 0.25) is 0 Å². The number of carbonyl (C=O) groups is 1. The SMILES string of the molecule is CSc1ccc(NC(=O)N2CCC(O)(c3ccc(F)cc3)CC2)cc1. The molecule has 132 valence electrons. The van der Waals surface area contributed by atoms with Crippen molar-refractivity contribution in [2.24, 2.45) is 0 Å². The van der Waals surface area contributed by atoms with E-state index in [2.05, 4.69) is 5.32 Å². The van der Waals surface area contributed by atoms with Gasteiger partial charge in [0.1, 0.15) is 5.82 Å². The smallest absolute Gasteiger partial charge is 0.321 e. The molecule has 0 radical (unpaired) electrons. The van der Waals surface area contributed by atoms with Crippen LogP contribution in [-0.2, 0) is 5.60 Å². The van der Waals surface area contributed by atoms with Crippen molar-refractivity contribution in [1.82, 2.24) is 4.90 Å². The Morgan fingerprint density at radius 2 is 1.72 bits per heavy atom. The lowest BCUT2D eigenvalue weighted by Gasteiger charge is -2.38. The zero-order valence-corrected chi connectivity index (χ0v) is 14.9. The van der Waals surface area contributed by atoms with Gasteiger partial charge in [-0.15, -0.1) is 11.8 Å². The van der Waals surface area contributed by atoms with Crippen molar-refractivity contribution in [2.75, 3.05) is 24.7 Å². The Morgan fingerprint density at radius 1 is 1.12 bits per heavy atom. The first-order chi connectivity index (χ1) is 12.0. The minimum absolute atomic E-state index is 0.168. The monoisotopic (exact) mass is 360 g/mol. The van der Waals surface area contributed by atoms with E-state index in [4.69, 9.17) is 0 Å². The fourth-order valence-electron chi connectivity index (χ4n) is 3.01. The molecular weight excluding hydrogens is 339 g/mol. The second-order valence-corrected chi connectivity index (χ2v) is 7.06. The number of carbonyl (C=O) groups excluding carboxylic acids is 1. The van der Waals surface area contributed by atoms with E-state index in [1.807, 2.05) is 30.5 Å². The molecule has 4 nitrogen and oxygen atoms in total. The summed E-state index contributed by atoms with van der Waals surface area (Å²) in [4.78, 5) is 15.2. The highest BCUT2D eigenvalue weighted by Crippen LogP contribution is 2.33. The average molecular weight is 360 g/mol. The molecule has 2 aromatic rings. The van der Waals surface area contributed by atoms with E-state index in [0.717, 1.165) is 10.6 Å². The van der Waals surface area contributed by atoms with Crippen molar-refractivity contribution in [3.8, 4) is 0 Å². The number of nitrogens with one attached hydrogen (secondary N) is 1. The summed E-state index contributed by atoms with van der Waals surface area (Å²) in [6.07, 6.45) is 2.86. The third-order valence-electron chi connectivity index (χ3n) is 4.60. The highest BCUT2D eigenvalue weighted by atomic mass is 32.2. The molecular formula is C19H21FN2O2S. The topological polar surface area (TPSA) is 52.6 Å². The number of rotatable bonds is 3. The fourth-order valence-corrected chi connectivity index (χ4v) is 3.41. The molecule has 0 aliphatic carbocycles. The Labute approximate surface area is 151 Å². The standard InChI is InChI=1S/C19H21FN2O2S/c1-25-17-8-6-16(7-9-17)21-18(23)22-12-10-19(24,11-13-22)14-2-4-15(20)5-3-14/h2-9,24H,10-13H2,1H3,(H,21,23). The number of urea groups is 1. The average Bonchev–Trinajstić information content (AvgIpc) is 2.63. The summed E-state index contributed by atoms with van der Waals surface area (Å²) in [5.41, 5.74) is 0.438.